The molecule has 0 amide bonds. The maximum Gasteiger partial charge on any atom is 0.129 e. The number of nitrogens with two attached hydrogens (primary N) is 1. The van der Waals surface area contributed by atoms with Crippen molar-refractivity contribution in [2.45, 2.75) is 19.4 Å². The van der Waals surface area contributed by atoms with Gasteiger partial charge in [-0.2, -0.15) is 0 Å². The van der Waals surface area contributed by atoms with Crippen molar-refractivity contribution in [2.24, 2.45) is 0 Å². The lowest BCUT2D eigenvalue weighted by atomic mass is 10.0. The number of aryl methyl sites for hydroxylation is 1. The van der Waals surface area contributed by atoms with Gasteiger partial charge >= 0.3 is 0 Å². The average Bonchev–Trinajstić information content (AvgIpc) is 2.41. The molecule has 4 heteroatoms. The van der Waals surface area contributed by atoms with Crippen molar-refractivity contribution in [2.75, 3.05) is 17.2 Å². The number of anilines is 2. The number of pyridine rings is 1. The number of rotatable bonds is 2. The van der Waals surface area contributed by atoms with E-state index in [0.717, 1.165) is 31.6 Å². The maximum atomic E-state index is 5.85. The summed E-state index contributed by atoms with van der Waals surface area (Å²) in [6, 6.07) is 10.0. The van der Waals surface area contributed by atoms with E-state index in [1.165, 1.54) is 16.8 Å². The quantitative estimate of drug-likeness (QED) is 0.674. The number of nitrogens with zero attached hydrogens (tertiary/aromatic N) is 2. The van der Waals surface area contributed by atoms with Crippen LogP contribution in [0.2, 0.25) is 5.15 Å². The molecule has 0 bridgehead atoms. The van der Waals surface area contributed by atoms with E-state index >= 15 is 0 Å². The average molecular weight is 274 g/mol. The molecule has 19 heavy (non-hydrogen) atoms. The number of halogens is 1. The monoisotopic (exact) mass is 273 g/mol. The Morgan fingerprint density at radius 3 is 2.95 bits per heavy atom. The fraction of sp³-hybridized carbons (Fsp3) is 0.267. The van der Waals surface area contributed by atoms with E-state index in [0.29, 0.717) is 5.15 Å². The first-order valence-corrected chi connectivity index (χ1v) is 6.84. The van der Waals surface area contributed by atoms with Crippen molar-refractivity contribution >= 4 is 23.0 Å². The Morgan fingerprint density at radius 2 is 2.16 bits per heavy atom. The van der Waals surface area contributed by atoms with Crippen molar-refractivity contribution in [3.8, 4) is 0 Å². The Balaban J connectivity index is 1.85. The van der Waals surface area contributed by atoms with Crippen LogP contribution in [0.5, 0.6) is 0 Å². The van der Waals surface area contributed by atoms with Crippen LogP contribution in [0.3, 0.4) is 0 Å². The summed E-state index contributed by atoms with van der Waals surface area (Å²) in [5, 5.41) is 0.538. The third-order valence-corrected chi connectivity index (χ3v) is 3.70. The number of nitrogen functional groups attached to an aromatic ring is 1. The first kappa shape index (κ1) is 12.3. The second kappa shape index (κ2) is 5.10. The Labute approximate surface area is 118 Å². The number of fused-ring (bicyclic) bond motifs is 1. The fourth-order valence-corrected chi connectivity index (χ4v) is 2.69. The minimum atomic E-state index is 0.538. The Bertz CT molecular complexity index is 580. The van der Waals surface area contributed by atoms with E-state index in [2.05, 4.69) is 22.0 Å². The zero-order valence-electron chi connectivity index (χ0n) is 10.6. The minimum Gasteiger partial charge on any atom is -0.399 e. The zero-order chi connectivity index (χ0) is 13.2. The summed E-state index contributed by atoms with van der Waals surface area (Å²) < 4.78 is 0. The molecule has 2 N–H and O–H groups in total. The molecule has 98 valence electrons. The molecule has 2 aromatic rings. The summed E-state index contributed by atoms with van der Waals surface area (Å²) in [7, 11) is 0. The molecule has 2 heterocycles. The molecular formula is C15H16ClN3. The van der Waals surface area contributed by atoms with E-state index < -0.39 is 0 Å². The van der Waals surface area contributed by atoms with Crippen molar-refractivity contribution in [3.05, 3.63) is 52.8 Å². The molecule has 1 aromatic heterocycles. The van der Waals surface area contributed by atoms with Crippen LogP contribution in [0.1, 0.15) is 17.5 Å². The van der Waals surface area contributed by atoms with Crippen LogP contribution >= 0.6 is 11.6 Å². The highest BCUT2D eigenvalue weighted by Crippen LogP contribution is 2.29. The van der Waals surface area contributed by atoms with Gasteiger partial charge in [0, 0.05) is 30.7 Å². The van der Waals surface area contributed by atoms with Gasteiger partial charge in [-0.05, 0) is 48.2 Å². The molecule has 0 spiro atoms. The maximum absolute atomic E-state index is 5.85. The molecule has 0 saturated heterocycles. The normalized spacial score (nSPS) is 14.3. The van der Waals surface area contributed by atoms with Crippen LogP contribution in [0.25, 0.3) is 0 Å². The molecule has 0 saturated carbocycles. The van der Waals surface area contributed by atoms with Gasteiger partial charge in [-0.15, -0.1) is 0 Å². The molecule has 0 aliphatic carbocycles. The summed E-state index contributed by atoms with van der Waals surface area (Å²) in [5.41, 5.74) is 10.5. The molecule has 1 aliphatic heterocycles. The largest absolute Gasteiger partial charge is 0.399 e. The van der Waals surface area contributed by atoms with E-state index in [9.17, 15) is 0 Å². The minimum absolute atomic E-state index is 0.538. The van der Waals surface area contributed by atoms with Gasteiger partial charge in [-0.3, -0.25) is 0 Å². The van der Waals surface area contributed by atoms with E-state index in [1.54, 1.807) is 0 Å². The topological polar surface area (TPSA) is 42.1 Å². The van der Waals surface area contributed by atoms with Crippen molar-refractivity contribution in [1.29, 1.82) is 0 Å². The van der Waals surface area contributed by atoms with Crippen molar-refractivity contribution in [3.63, 3.8) is 0 Å². The number of hydrogen-bond acceptors (Lipinski definition) is 3. The summed E-state index contributed by atoms with van der Waals surface area (Å²) in [4.78, 5) is 6.51. The molecule has 0 atom stereocenters. The lowest BCUT2D eigenvalue weighted by molar-refractivity contribution is 0.690. The number of hydrogen-bond donors (Lipinski definition) is 1. The molecule has 1 aliphatic rings. The van der Waals surface area contributed by atoms with Crippen molar-refractivity contribution in [1.82, 2.24) is 4.98 Å². The first-order chi connectivity index (χ1) is 9.22. The Kier molecular flexibility index (Phi) is 3.30. The van der Waals surface area contributed by atoms with Gasteiger partial charge in [0.15, 0.2) is 0 Å². The third-order valence-electron chi connectivity index (χ3n) is 3.48. The molecule has 0 radical (unpaired) electrons. The van der Waals surface area contributed by atoms with Crippen molar-refractivity contribution < 1.29 is 0 Å². The molecular weight excluding hydrogens is 258 g/mol. The van der Waals surface area contributed by atoms with Gasteiger partial charge in [0.2, 0.25) is 0 Å². The van der Waals surface area contributed by atoms with Gasteiger partial charge in [0.25, 0.3) is 0 Å². The SMILES string of the molecule is Nc1ccc2c(c1)CCCN2Cc1ccc(Cl)nc1. The van der Waals surface area contributed by atoms with E-state index in [4.69, 9.17) is 17.3 Å². The predicted octanol–water partition coefficient (Wildman–Crippen LogP) is 3.27. The summed E-state index contributed by atoms with van der Waals surface area (Å²) in [5.74, 6) is 0. The molecule has 3 rings (SSSR count). The Hall–Kier alpha value is -1.74. The molecule has 3 nitrogen and oxygen atoms in total. The van der Waals surface area contributed by atoms with Gasteiger partial charge in [0.1, 0.15) is 5.15 Å². The highest BCUT2D eigenvalue weighted by Gasteiger charge is 2.17. The van der Waals surface area contributed by atoms with E-state index in [-0.39, 0.29) is 0 Å². The summed E-state index contributed by atoms with van der Waals surface area (Å²) in [6.07, 6.45) is 4.11. The number of benzene rings is 1. The lowest BCUT2D eigenvalue weighted by Gasteiger charge is -2.31. The molecule has 0 unspecified atom stereocenters. The van der Waals surface area contributed by atoms with Gasteiger partial charge in [-0.25, -0.2) is 4.98 Å². The zero-order valence-corrected chi connectivity index (χ0v) is 11.4. The fourth-order valence-electron chi connectivity index (χ4n) is 2.58. The van der Waals surface area contributed by atoms with Crippen LogP contribution < -0.4 is 10.6 Å². The van der Waals surface area contributed by atoms with Gasteiger partial charge in [0.05, 0.1) is 0 Å². The highest BCUT2D eigenvalue weighted by atomic mass is 35.5. The van der Waals surface area contributed by atoms with E-state index in [1.807, 2.05) is 24.4 Å². The van der Waals surface area contributed by atoms with Crippen LogP contribution in [0, 0.1) is 0 Å². The van der Waals surface area contributed by atoms with Crippen LogP contribution in [0.4, 0.5) is 11.4 Å². The second-order valence-electron chi connectivity index (χ2n) is 4.90. The standard InChI is InChI=1S/C15H16ClN3/c16-15-6-3-11(9-18-15)10-19-7-1-2-12-8-13(17)4-5-14(12)19/h3-6,8-9H,1-2,7,10,17H2. The van der Waals surface area contributed by atoms with Gasteiger partial charge in [-0.1, -0.05) is 17.7 Å². The number of aromatic nitrogens is 1. The second-order valence-corrected chi connectivity index (χ2v) is 5.29. The predicted molar refractivity (Wildman–Crippen MR) is 79.5 cm³/mol. The van der Waals surface area contributed by atoms with Crippen LogP contribution in [-0.2, 0) is 13.0 Å². The van der Waals surface area contributed by atoms with Crippen LogP contribution in [0.15, 0.2) is 36.5 Å². The molecule has 1 aromatic carbocycles. The molecule has 0 fully saturated rings. The van der Waals surface area contributed by atoms with Gasteiger partial charge < -0.3 is 10.6 Å². The summed E-state index contributed by atoms with van der Waals surface area (Å²) in [6.45, 7) is 1.93. The van der Waals surface area contributed by atoms with Crippen LogP contribution in [-0.4, -0.2) is 11.5 Å². The lowest BCUT2D eigenvalue weighted by Crippen LogP contribution is -2.28. The summed E-state index contributed by atoms with van der Waals surface area (Å²) >= 11 is 5.81. The smallest absolute Gasteiger partial charge is 0.129 e. The first-order valence-electron chi connectivity index (χ1n) is 6.46. The third kappa shape index (κ3) is 2.66. The Morgan fingerprint density at radius 1 is 1.26 bits per heavy atom. The highest BCUT2D eigenvalue weighted by molar-refractivity contribution is 6.29.